The summed E-state index contributed by atoms with van der Waals surface area (Å²) in [6.45, 7) is 6.75. The van der Waals surface area contributed by atoms with Gasteiger partial charge in [0, 0.05) is 0 Å². The lowest BCUT2D eigenvalue weighted by atomic mass is 9.81. The molecule has 13 heavy (non-hydrogen) atoms. The van der Waals surface area contributed by atoms with Crippen LogP contribution >= 0.6 is 11.8 Å². The van der Waals surface area contributed by atoms with Crippen molar-refractivity contribution in [2.75, 3.05) is 5.75 Å². The molecule has 0 saturated carbocycles. The van der Waals surface area contributed by atoms with E-state index in [-0.39, 0.29) is 0 Å². The fourth-order valence-electron chi connectivity index (χ4n) is 1.62. The van der Waals surface area contributed by atoms with Gasteiger partial charge in [-0.25, -0.2) is 0 Å². The number of rotatable bonds is 1. The van der Waals surface area contributed by atoms with Crippen LogP contribution in [0.1, 0.15) is 27.2 Å². The van der Waals surface area contributed by atoms with Crippen molar-refractivity contribution in [3.8, 4) is 12.3 Å². The van der Waals surface area contributed by atoms with Crippen LogP contribution in [0.3, 0.4) is 0 Å². The van der Waals surface area contributed by atoms with Crippen LogP contribution in [0.2, 0.25) is 0 Å². The van der Waals surface area contributed by atoms with Crippen LogP contribution < -0.4 is 0 Å². The molecule has 0 unspecified atom stereocenters. The third-order valence-electron chi connectivity index (χ3n) is 2.50. The quantitative estimate of drug-likeness (QED) is 0.572. The van der Waals surface area contributed by atoms with Crippen molar-refractivity contribution in [2.24, 2.45) is 5.41 Å². The van der Waals surface area contributed by atoms with Crippen molar-refractivity contribution in [3.05, 3.63) is 22.6 Å². The summed E-state index contributed by atoms with van der Waals surface area (Å²) in [5.74, 6) is 3.78. The maximum absolute atomic E-state index is 5.21. The molecule has 1 aliphatic heterocycles. The van der Waals surface area contributed by atoms with E-state index in [4.69, 9.17) is 6.42 Å². The molecule has 0 spiro atoms. The molecule has 0 aromatic heterocycles. The van der Waals surface area contributed by atoms with Crippen molar-refractivity contribution in [1.29, 1.82) is 0 Å². The number of terminal acetylenes is 1. The van der Waals surface area contributed by atoms with Crippen LogP contribution in [-0.2, 0) is 0 Å². The molecule has 0 aliphatic carbocycles. The highest BCUT2D eigenvalue weighted by molar-refractivity contribution is 8.03. The maximum atomic E-state index is 5.21. The Hall–Kier alpha value is -0.610. The molecule has 0 fully saturated rings. The lowest BCUT2D eigenvalue weighted by Gasteiger charge is -2.32. The van der Waals surface area contributed by atoms with Crippen molar-refractivity contribution < 1.29 is 0 Å². The summed E-state index contributed by atoms with van der Waals surface area (Å²) < 4.78 is 0. The van der Waals surface area contributed by atoms with Gasteiger partial charge in [0.25, 0.3) is 0 Å². The van der Waals surface area contributed by atoms with Crippen LogP contribution in [0.5, 0.6) is 0 Å². The molecule has 0 atom stereocenters. The Balaban J connectivity index is 3.00. The molecule has 0 saturated heterocycles. The van der Waals surface area contributed by atoms with Gasteiger partial charge in [-0.1, -0.05) is 19.8 Å². The van der Waals surface area contributed by atoms with Crippen LogP contribution in [0, 0.1) is 17.8 Å². The molecular weight excluding hydrogens is 176 g/mol. The maximum Gasteiger partial charge on any atom is -0.00150 e. The van der Waals surface area contributed by atoms with Crippen LogP contribution in [0.4, 0.5) is 0 Å². The van der Waals surface area contributed by atoms with Gasteiger partial charge in [-0.05, 0) is 47.1 Å². The van der Waals surface area contributed by atoms with Gasteiger partial charge < -0.3 is 0 Å². The molecular formula is C12H16S. The Kier molecular flexibility index (Phi) is 3.27. The third-order valence-corrected chi connectivity index (χ3v) is 3.56. The van der Waals surface area contributed by atoms with E-state index < -0.39 is 0 Å². The molecule has 1 heterocycles. The van der Waals surface area contributed by atoms with E-state index >= 15 is 0 Å². The van der Waals surface area contributed by atoms with Crippen LogP contribution in [-0.4, -0.2) is 5.75 Å². The lowest BCUT2D eigenvalue weighted by molar-refractivity contribution is 0.438. The van der Waals surface area contributed by atoms with Gasteiger partial charge in [0.2, 0.25) is 0 Å². The van der Waals surface area contributed by atoms with E-state index in [1.807, 2.05) is 11.8 Å². The van der Waals surface area contributed by atoms with E-state index in [1.54, 1.807) is 6.08 Å². The minimum absolute atomic E-state index is 0.294. The fraction of sp³-hybridized carbons (Fsp3) is 0.500. The van der Waals surface area contributed by atoms with Crippen molar-refractivity contribution >= 4 is 11.8 Å². The molecule has 1 aliphatic rings. The second-order valence-corrected chi connectivity index (χ2v) is 5.26. The van der Waals surface area contributed by atoms with Crippen LogP contribution in [0.25, 0.3) is 0 Å². The topological polar surface area (TPSA) is 0 Å². The number of hydrogen-bond donors (Lipinski definition) is 0. The molecule has 70 valence electrons. The molecule has 0 amide bonds. The summed E-state index contributed by atoms with van der Waals surface area (Å²) in [6, 6.07) is 0. The zero-order valence-electron chi connectivity index (χ0n) is 8.55. The smallest absolute Gasteiger partial charge is 0.00150 e. The Morgan fingerprint density at radius 1 is 1.54 bits per heavy atom. The van der Waals surface area contributed by atoms with E-state index in [0.29, 0.717) is 5.41 Å². The standard InChI is InChI=1S/C12H16S/c1-5-6-7-11-10(2)13-9-8-12(11,3)4/h1,6-7H,8-9H2,2-4H3. The Morgan fingerprint density at radius 3 is 2.77 bits per heavy atom. The van der Waals surface area contributed by atoms with Crippen molar-refractivity contribution in [2.45, 2.75) is 27.2 Å². The minimum atomic E-state index is 0.294. The first-order valence-electron chi connectivity index (χ1n) is 4.55. The SMILES string of the molecule is C#CC=CC1=C(C)SCCC1(C)C. The fourth-order valence-corrected chi connectivity index (χ4v) is 3.04. The highest BCUT2D eigenvalue weighted by atomic mass is 32.2. The van der Waals surface area contributed by atoms with Gasteiger partial charge in [-0.3, -0.25) is 0 Å². The molecule has 1 heteroatoms. The monoisotopic (exact) mass is 192 g/mol. The van der Waals surface area contributed by atoms with Crippen molar-refractivity contribution in [1.82, 2.24) is 0 Å². The third kappa shape index (κ3) is 2.42. The zero-order valence-corrected chi connectivity index (χ0v) is 9.37. The normalized spacial score (nSPS) is 22.0. The second-order valence-electron chi connectivity index (χ2n) is 3.95. The predicted molar refractivity (Wildman–Crippen MR) is 61.5 cm³/mol. The first kappa shape index (κ1) is 10.5. The summed E-state index contributed by atoms with van der Waals surface area (Å²) >= 11 is 1.94. The van der Waals surface area contributed by atoms with Gasteiger partial charge in [-0.2, -0.15) is 0 Å². The zero-order chi connectivity index (χ0) is 9.90. The Bertz CT molecular complexity index is 287. The average molecular weight is 192 g/mol. The van der Waals surface area contributed by atoms with Gasteiger partial charge in [0.05, 0.1) is 0 Å². The molecule has 0 aromatic carbocycles. The summed E-state index contributed by atoms with van der Waals surface area (Å²) in [7, 11) is 0. The average Bonchev–Trinajstić information content (AvgIpc) is 2.02. The largest absolute Gasteiger partial charge is 0.131 e. The summed E-state index contributed by atoms with van der Waals surface area (Å²) in [5, 5.41) is 0. The molecule has 1 rings (SSSR count). The summed E-state index contributed by atoms with van der Waals surface area (Å²) in [4.78, 5) is 1.42. The van der Waals surface area contributed by atoms with Crippen LogP contribution in [0.15, 0.2) is 22.6 Å². The molecule has 0 bridgehead atoms. The predicted octanol–water partition coefficient (Wildman–Crippen LogP) is 3.61. The second kappa shape index (κ2) is 4.07. The molecule has 0 N–H and O–H groups in total. The summed E-state index contributed by atoms with van der Waals surface area (Å²) in [6.07, 6.45) is 10.3. The molecule has 0 radical (unpaired) electrons. The minimum Gasteiger partial charge on any atom is -0.131 e. The highest BCUT2D eigenvalue weighted by Gasteiger charge is 2.26. The lowest BCUT2D eigenvalue weighted by Crippen LogP contribution is -2.19. The number of thioether (sulfide) groups is 1. The molecule has 0 nitrogen and oxygen atoms in total. The number of allylic oxidation sites excluding steroid dienone is 4. The van der Waals surface area contributed by atoms with Gasteiger partial charge in [0.1, 0.15) is 0 Å². The van der Waals surface area contributed by atoms with E-state index in [0.717, 1.165) is 0 Å². The Labute approximate surface area is 85.5 Å². The number of hydrogen-bond acceptors (Lipinski definition) is 1. The van der Waals surface area contributed by atoms with Crippen molar-refractivity contribution in [3.63, 3.8) is 0 Å². The van der Waals surface area contributed by atoms with E-state index in [9.17, 15) is 0 Å². The molecule has 0 aromatic rings. The first-order chi connectivity index (χ1) is 6.08. The van der Waals surface area contributed by atoms with Gasteiger partial charge in [-0.15, -0.1) is 18.2 Å². The van der Waals surface area contributed by atoms with Gasteiger partial charge in [0.15, 0.2) is 0 Å². The van der Waals surface area contributed by atoms with E-state index in [2.05, 4.69) is 32.8 Å². The van der Waals surface area contributed by atoms with Gasteiger partial charge >= 0.3 is 0 Å². The Morgan fingerprint density at radius 2 is 2.23 bits per heavy atom. The summed E-state index contributed by atoms with van der Waals surface area (Å²) in [5.41, 5.74) is 1.70. The van der Waals surface area contributed by atoms with E-state index in [1.165, 1.54) is 22.7 Å². The highest BCUT2D eigenvalue weighted by Crippen LogP contribution is 2.42. The first-order valence-corrected chi connectivity index (χ1v) is 5.53.